The zero-order valence-corrected chi connectivity index (χ0v) is 12.3. The fraction of sp³-hybridized carbons (Fsp3) is 0.0625. The number of halogens is 1. The molecular formula is C16H13BrN2O. The van der Waals surface area contributed by atoms with Gasteiger partial charge in [-0.1, -0.05) is 46.3 Å². The van der Waals surface area contributed by atoms with Crippen LogP contribution in [0.4, 0.5) is 0 Å². The van der Waals surface area contributed by atoms with Crippen LogP contribution in [0.5, 0.6) is 0 Å². The van der Waals surface area contributed by atoms with Gasteiger partial charge in [-0.05, 0) is 24.3 Å². The van der Waals surface area contributed by atoms with Crippen LogP contribution in [0.3, 0.4) is 0 Å². The fourth-order valence-corrected chi connectivity index (χ4v) is 2.52. The zero-order chi connectivity index (χ0) is 13.9. The van der Waals surface area contributed by atoms with E-state index in [1.807, 2.05) is 60.8 Å². The van der Waals surface area contributed by atoms with Crippen LogP contribution in [-0.4, -0.2) is 14.9 Å². The van der Waals surface area contributed by atoms with Gasteiger partial charge in [0.2, 0.25) is 0 Å². The number of benzene rings is 2. The van der Waals surface area contributed by atoms with Crippen LogP contribution in [0.25, 0.3) is 16.9 Å². The van der Waals surface area contributed by atoms with E-state index in [9.17, 15) is 5.11 Å². The van der Waals surface area contributed by atoms with Gasteiger partial charge >= 0.3 is 0 Å². The van der Waals surface area contributed by atoms with Crippen molar-refractivity contribution in [2.75, 3.05) is 0 Å². The SMILES string of the molecule is OCc1cn(-c2ccccc2)nc1-c1cccc(Br)c1. The molecule has 20 heavy (non-hydrogen) atoms. The van der Waals surface area contributed by atoms with Crippen LogP contribution in [0.1, 0.15) is 5.56 Å². The van der Waals surface area contributed by atoms with Crippen LogP contribution in [-0.2, 0) is 6.61 Å². The lowest BCUT2D eigenvalue weighted by atomic mass is 10.1. The Hall–Kier alpha value is -1.91. The third kappa shape index (κ3) is 2.53. The largest absolute Gasteiger partial charge is 0.392 e. The summed E-state index contributed by atoms with van der Waals surface area (Å²) in [5.41, 5.74) is 3.58. The number of hydrogen-bond acceptors (Lipinski definition) is 2. The first-order chi connectivity index (χ1) is 9.78. The Bertz CT molecular complexity index is 722. The third-order valence-corrected chi connectivity index (χ3v) is 3.57. The first-order valence-electron chi connectivity index (χ1n) is 6.28. The molecule has 0 spiro atoms. The Kier molecular flexibility index (Phi) is 3.67. The minimum atomic E-state index is -0.0331. The minimum absolute atomic E-state index is 0.0331. The summed E-state index contributed by atoms with van der Waals surface area (Å²) in [4.78, 5) is 0. The van der Waals surface area contributed by atoms with Gasteiger partial charge in [0, 0.05) is 21.8 Å². The molecule has 0 saturated carbocycles. The number of para-hydroxylation sites is 1. The number of aliphatic hydroxyl groups excluding tert-OH is 1. The molecule has 0 atom stereocenters. The lowest BCUT2D eigenvalue weighted by molar-refractivity contribution is 0.282. The van der Waals surface area contributed by atoms with E-state index < -0.39 is 0 Å². The Labute approximate surface area is 125 Å². The van der Waals surface area contributed by atoms with Gasteiger partial charge in [-0.25, -0.2) is 4.68 Å². The highest BCUT2D eigenvalue weighted by Crippen LogP contribution is 2.26. The predicted molar refractivity (Wildman–Crippen MR) is 82.6 cm³/mol. The third-order valence-electron chi connectivity index (χ3n) is 3.08. The lowest BCUT2D eigenvalue weighted by Gasteiger charge is -2.01. The number of rotatable bonds is 3. The van der Waals surface area contributed by atoms with Gasteiger partial charge in [0.05, 0.1) is 18.0 Å². The number of hydrogen-bond donors (Lipinski definition) is 1. The average Bonchev–Trinajstić information content (AvgIpc) is 2.92. The summed E-state index contributed by atoms with van der Waals surface area (Å²) in [5, 5.41) is 14.1. The van der Waals surface area contributed by atoms with Crippen molar-refractivity contribution in [3.8, 4) is 16.9 Å². The quantitative estimate of drug-likeness (QED) is 0.794. The van der Waals surface area contributed by atoms with Crippen LogP contribution in [0.2, 0.25) is 0 Å². The second kappa shape index (κ2) is 5.61. The van der Waals surface area contributed by atoms with Crippen molar-refractivity contribution in [3.05, 3.63) is 70.8 Å². The van der Waals surface area contributed by atoms with Gasteiger partial charge in [-0.2, -0.15) is 5.10 Å². The molecule has 0 unspecified atom stereocenters. The maximum atomic E-state index is 9.54. The topological polar surface area (TPSA) is 38.0 Å². The zero-order valence-electron chi connectivity index (χ0n) is 10.7. The summed E-state index contributed by atoms with van der Waals surface area (Å²) in [6.45, 7) is -0.0331. The van der Waals surface area contributed by atoms with Crippen LogP contribution in [0, 0.1) is 0 Å². The number of aromatic nitrogens is 2. The monoisotopic (exact) mass is 328 g/mol. The molecule has 0 amide bonds. The maximum absolute atomic E-state index is 9.54. The molecule has 3 rings (SSSR count). The van der Waals surface area contributed by atoms with Crippen molar-refractivity contribution in [1.29, 1.82) is 0 Å². The maximum Gasteiger partial charge on any atom is 0.0983 e. The normalized spacial score (nSPS) is 10.7. The minimum Gasteiger partial charge on any atom is -0.392 e. The lowest BCUT2D eigenvalue weighted by Crippen LogP contribution is -1.93. The second-order valence-electron chi connectivity index (χ2n) is 4.45. The smallest absolute Gasteiger partial charge is 0.0983 e. The number of aliphatic hydroxyl groups is 1. The Morgan fingerprint density at radius 2 is 1.85 bits per heavy atom. The van der Waals surface area contributed by atoms with E-state index >= 15 is 0 Å². The van der Waals surface area contributed by atoms with Crippen molar-refractivity contribution in [1.82, 2.24) is 9.78 Å². The average molecular weight is 329 g/mol. The van der Waals surface area contributed by atoms with E-state index in [1.165, 1.54) is 0 Å². The molecule has 0 aliphatic rings. The summed E-state index contributed by atoms with van der Waals surface area (Å²) < 4.78 is 2.79. The summed E-state index contributed by atoms with van der Waals surface area (Å²) >= 11 is 3.46. The van der Waals surface area contributed by atoms with Crippen molar-refractivity contribution < 1.29 is 5.11 Å². The molecule has 3 aromatic rings. The molecule has 0 aliphatic carbocycles. The van der Waals surface area contributed by atoms with Crippen molar-refractivity contribution in [2.45, 2.75) is 6.61 Å². The molecule has 0 fully saturated rings. The number of nitrogens with zero attached hydrogens (tertiary/aromatic N) is 2. The molecule has 0 bridgehead atoms. The van der Waals surface area contributed by atoms with Gasteiger partial charge in [-0.15, -0.1) is 0 Å². The predicted octanol–water partition coefficient (Wildman–Crippen LogP) is 3.79. The Balaban J connectivity index is 2.10. The molecular weight excluding hydrogens is 316 g/mol. The molecule has 0 saturated heterocycles. The van der Waals surface area contributed by atoms with E-state index in [-0.39, 0.29) is 6.61 Å². The van der Waals surface area contributed by atoms with Crippen molar-refractivity contribution in [2.24, 2.45) is 0 Å². The van der Waals surface area contributed by atoms with Gasteiger partial charge < -0.3 is 5.11 Å². The van der Waals surface area contributed by atoms with Gasteiger partial charge in [0.15, 0.2) is 0 Å². The Morgan fingerprint density at radius 3 is 2.55 bits per heavy atom. The highest BCUT2D eigenvalue weighted by molar-refractivity contribution is 9.10. The summed E-state index contributed by atoms with van der Waals surface area (Å²) in [6.07, 6.45) is 1.87. The van der Waals surface area contributed by atoms with E-state index in [0.29, 0.717) is 0 Å². The highest BCUT2D eigenvalue weighted by Gasteiger charge is 2.11. The molecule has 1 heterocycles. The van der Waals surface area contributed by atoms with Gasteiger partial charge in [-0.3, -0.25) is 0 Å². The second-order valence-corrected chi connectivity index (χ2v) is 5.37. The van der Waals surface area contributed by atoms with Crippen molar-refractivity contribution in [3.63, 3.8) is 0 Å². The summed E-state index contributed by atoms with van der Waals surface area (Å²) in [7, 11) is 0. The van der Waals surface area contributed by atoms with Crippen LogP contribution in [0.15, 0.2) is 65.3 Å². The first kappa shape index (κ1) is 13.1. The molecule has 2 aromatic carbocycles. The molecule has 1 N–H and O–H groups in total. The van der Waals surface area contributed by atoms with E-state index in [0.717, 1.165) is 27.0 Å². The Morgan fingerprint density at radius 1 is 1.05 bits per heavy atom. The van der Waals surface area contributed by atoms with E-state index in [4.69, 9.17) is 0 Å². The van der Waals surface area contributed by atoms with Gasteiger partial charge in [0.25, 0.3) is 0 Å². The van der Waals surface area contributed by atoms with Crippen LogP contribution < -0.4 is 0 Å². The van der Waals surface area contributed by atoms with Gasteiger partial charge in [0.1, 0.15) is 0 Å². The highest BCUT2D eigenvalue weighted by atomic mass is 79.9. The summed E-state index contributed by atoms with van der Waals surface area (Å²) in [6, 6.07) is 17.8. The standard InChI is InChI=1S/C16H13BrN2O/c17-14-6-4-5-12(9-14)16-13(11-20)10-19(18-16)15-7-2-1-3-8-15/h1-10,20H,11H2. The molecule has 0 aliphatic heterocycles. The molecule has 0 radical (unpaired) electrons. The van der Waals surface area contributed by atoms with E-state index in [2.05, 4.69) is 21.0 Å². The van der Waals surface area contributed by atoms with Crippen molar-refractivity contribution >= 4 is 15.9 Å². The first-order valence-corrected chi connectivity index (χ1v) is 7.08. The molecule has 1 aromatic heterocycles. The molecule has 4 heteroatoms. The summed E-state index contributed by atoms with van der Waals surface area (Å²) in [5.74, 6) is 0. The molecule has 100 valence electrons. The fourth-order valence-electron chi connectivity index (χ4n) is 2.12. The molecule has 3 nitrogen and oxygen atoms in total. The van der Waals surface area contributed by atoms with E-state index in [1.54, 1.807) is 4.68 Å². The van der Waals surface area contributed by atoms with Crippen LogP contribution >= 0.6 is 15.9 Å².